The van der Waals surface area contributed by atoms with E-state index < -0.39 is 24.6 Å². The maximum atomic E-state index is 12.7. The Bertz CT molecular complexity index is 323. The van der Waals surface area contributed by atoms with Crippen LogP contribution in [0.15, 0.2) is 16.6 Å². The first-order chi connectivity index (χ1) is 6.50. The van der Waals surface area contributed by atoms with Crippen molar-refractivity contribution in [2.24, 2.45) is 0 Å². The van der Waals surface area contributed by atoms with Crippen LogP contribution in [0.4, 0.5) is 17.6 Å². The van der Waals surface area contributed by atoms with Crippen molar-refractivity contribution < 1.29 is 22.3 Å². The number of rotatable bonds is 3. The van der Waals surface area contributed by atoms with Crippen LogP contribution in [-0.2, 0) is 0 Å². The monoisotopic (exact) mass is 273 g/mol. The maximum Gasteiger partial charge on any atom is 0.304 e. The third kappa shape index (κ3) is 2.83. The molecular weight excluding hydrogens is 270 g/mol. The highest BCUT2D eigenvalue weighted by Gasteiger charge is 2.21. The van der Waals surface area contributed by atoms with Crippen molar-refractivity contribution in [2.75, 3.05) is 0 Å². The molecule has 0 fully saturated rings. The van der Waals surface area contributed by atoms with E-state index in [1.165, 1.54) is 6.07 Å². The molecule has 14 heavy (non-hydrogen) atoms. The van der Waals surface area contributed by atoms with Gasteiger partial charge in [0.05, 0.1) is 4.47 Å². The fourth-order valence-electron chi connectivity index (χ4n) is 0.633. The molecule has 0 saturated carbocycles. The SMILES string of the molecule is Fc1nc(OC(F)C(F)F)ccc1Br. The van der Waals surface area contributed by atoms with E-state index >= 15 is 0 Å². The fourth-order valence-corrected chi connectivity index (χ4v) is 0.854. The summed E-state index contributed by atoms with van der Waals surface area (Å²) in [6.45, 7) is 0. The second kappa shape index (κ2) is 4.59. The molecule has 0 aliphatic rings. The summed E-state index contributed by atoms with van der Waals surface area (Å²) in [7, 11) is 0. The molecule has 1 atom stereocenters. The molecule has 0 radical (unpaired) electrons. The lowest BCUT2D eigenvalue weighted by molar-refractivity contribution is -0.0693. The quantitative estimate of drug-likeness (QED) is 0.624. The molecule has 1 aromatic heterocycles. The zero-order valence-corrected chi connectivity index (χ0v) is 8.14. The van der Waals surface area contributed by atoms with Crippen molar-refractivity contribution in [1.82, 2.24) is 4.98 Å². The van der Waals surface area contributed by atoms with Crippen molar-refractivity contribution in [3.63, 3.8) is 0 Å². The van der Waals surface area contributed by atoms with Gasteiger partial charge in [-0.3, -0.25) is 0 Å². The third-order valence-corrected chi connectivity index (χ3v) is 1.80. The highest BCUT2D eigenvalue weighted by molar-refractivity contribution is 9.10. The topological polar surface area (TPSA) is 22.1 Å². The largest absolute Gasteiger partial charge is 0.437 e. The van der Waals surface area contributed by atoms with Gasteiger partial charge in [-0.2, -0.15) is 13.8 Å². The average Bonchev–Trinajstić information content (AvgIpc) is 2.11. The molecule has 0 spiro atoms. The summed E-state index contributed by atoms with van der Waals surface area (Å²) < 4.78 is 52.4. The number of pyridine rings is 1. The normalized spacial score (nSPS) is 13.0. The van der Waals surface area contributed by atoms with Gasteiger partial charge in [0.2, 0.25) is 11.8 Å². The van der Waals surface area contributed by atoms with Gasteiger partial charge in [0.15, 0.2) is 0 Å². The fraction of sp³-hybridized carbons (Fsp3) is 0.286. The molecule has 7 heteroatoms. The van der Waals surface area contributed by atoms with E-state index in [1.807, 2.05) is 0 Å². The Balaban J connectivity index is 2.73. The molecule has 0 aliphatic heterocycles. The molecular formula is C7H4BrF4NO. The van der Waals surface area contributed by atoms with Crippen molar-refractivity contribution >= 4 is 15.9 Å². The highest BCUT2D eigenvalue weighted by atomic mass is 79.9. The lowest BCUT2D eigenvalue weighted by Crippen LogP contribution is -2.20. The third-order valence-electron chi connectivity index (χ3n) is 1.21. The number of alkyl halides is 3. The molecule has 2 nitrogen and oxygen atoms in total. The highest BCUT2D eigenvalue weighted by Crippen LogP contribution is 2.19. The van der Waals surface area contributed by atoms with Crippen LogP contribution in [0.3, 0.4) is 0 Å². The second-order valence-electron chi connectivity index (χ2n) is 2.23. The van der Waals surface area contributed by atoms with Crippen LogP contribution < -0.4 is 4.74 Å². The van der Waals surface area contributed by atoms with Gasteiger partial charge < -0.3 is 4.74 Å². The summed E-state index contributed by atoms with van der Waals surface area (Å²) in [5, 5.41) is 0. The van der Waals surface area contributed by atoms with E-state index in [0.717, 1.165) is 6.07 Å². The molecule has 1 aromatic rings. The Kier molecular flexibility index (Phi) is 3.68. The second-order valence-corrected chi connectivity index (χ2v) is 3.08. The van der Waals surface area contributed by atoms with Crippen LogP contribution >= 0.6 is 15.9 Å². The summed E-state index contributed by atoms with van der Waals surface area (Å²) in [6.07, 6.45) is -6.09. The van der Waals surface area contributed by atoms with Gasteiger partial charge in [-0.05, 0) is 22.0 Å². The Hall–Kier alpha value is -0.850. The van der Waals surface area contributed by atoms with Gasteiger partial charge in [0, 0.05) is 6.07 Å². The predicted octanol–water partition coefficient (Wildman–Crippen LogP) is 2.92. The minimum Gasteiger partial charge on any atom is -0.437 e. The molecule has 1 heterocycles. The Morgan fingerprint density at radius 2 is 1.93 bits per heavy atom. The zero-order chi connectivity index (χ0) is 10.7. The van der Waals surface area contributed by atoms with Crippen molar-refractivity contribution in [3.8, 4) is 5.88 Å². The van der Waals surface area contributed by atoms with E-state index in [1.54, 1.807) is 0 Å². The standard InChI is InChI=1S/C7H4BrF4NO/c8-3-1-2-4(13-6(3)11)14-7(12)5(9)10/h1-2,5,7H. The number of hydrogen-bond acceptors (Lipinski definition) is 2. The van der Waals surface area contributed by atoms with Gasteiger partial charge >= 0.3 is 6.43 Å². The molecule has 78 valence electrons. The van der Waals surface area contributed by atoms with E-state index in [-0.39, 0.29) is 4.47 Å². The van der Waals surface area contributed by atoms with Crippen LogP contribution in [-0.4, -0.2) is 17.8 Å². The number of aromatic nitrogens is 1. The van der Waals surface area contributed by atoms with Crippen LogP contribution in [0, 0.1) is 5.95 Å². The summed E-state index contributed by atoms with van der Waals surface area (Å²) in [6, 6.07) is 2.25. The van der Waals surface area contributed by atoms with Gasteiger partial charge in [0.1, 0.15) is 0 Å². The van der Waals surface area contributed by atoms with Crippen molar-refractivity contribution in [1.29, 1.82) is 0 Å². The summed E-state index contributed by atoms with van der Waals surface area (Å²) in [5.41, 5.74) is 0. The molecule has 0 N–H and O–H groups in total. The van der Waals surface area contributed by atoms with Gasteiger partial charge in [-0.15, -0.1) is 0 Å². The Morgan fingerprint density at radius 3 is 2.43 bits per heavy atom. The molecule has 0 aromatic carbocycles. The lowest BCUT2D eigenvalue weighted by Gasteiger charge is -2.09. The smallest absolute Gasteiger partial charge is 0.304 e. The average molecular weight is 274 g/mol. The van der Waals surface area contributed by atoms with Crippen LogP contribution in [0.2, 0.25) is 0 Å². The van der Waals surface area contributed by atoms with Crippen LogP contribution in [0.25, 0.3) is 0 Å². The molecule has 0 amide bonds. The van der Waals surface area contributed by atoms with Crippen molar-refractivity contribution in [3.05, 3.63) is 22.6 Å². The maximum absolute atomic E-state index is 12.7. The lowest BCUT2D eigenvalue weighted by atomic mass is 10.5. The first kappa shape index (κ1) is 11.2. The molecule has 1 rings (SSSR count). The first-order valence-electron chi connectivity index (χ1n) is 3.41. The number of halogens is 5. The number of ether oxygens (including phenoxy) is 1. The van der Waals surface area contributed by atoms with E-state index in [9.17, 15) is 17.6 Å². The number of hydrogen-bond donors (Lipinski definition) is 0. The number of nitrogens with zero attached hydrogens (tertiary/aromatic N) is 1. The Labute approximate surface area is 85.0 Å². The molecule has 1 unspecified atom stereocenters. The van der Waals surface area contributed by atoms with Gasteiger partial charge in [0.25, 0.3) is 6.36 Å². The summed E-state index contributed by atoms with van der Waals surface area (Å²) in [4.78, 5) is 3.09. The predicted molar refractivity (Wildman–Crippen MR) is 43.4 cm³/mol. The first-order valence-corrected chi connectivity index (χ1v) is 4.21. The van der Waals surface area contributed by atoms with Gasteiger partial charge in [-0.25, -0.2) is 8.78 Å². The van der Waals surface area contributed by atoms with E-state index in [4.69, 9.17) is 0 Å². The molecule has 0 saturated heterocycles. The zero-order valence-electron chi connectivity index (χ0n) is 6.55. The molecule has 0 aliphatic carbocycles. The van der Waals surface area contributed by atoms with E-state index in [0.29, 0.717) is 0 Å². The van der Waals surface area contributed by atoms with E-state index in [2.05, 4.69) is 25.7 Å². The van der Waals surface area contributed by atoms with Gasteiger partial charge in [-0.1, -0.05) is 0 Å². The Morgan fingerprint density at radius 1 is 1.29 bits per heavy atom. The summed E-state index contributed by atoms with van der Waals surface area (Å²) in [5.74, 6) is -1.48. The minimum absolute atomic E-state index is 0.0392. The van der Waals surface area contributed by atoms with Crippen molar-refractivity contribution in [2.45, 2.75) is 12.8 Å². The summed E-state index contributed by atoms with van der Waals surface area (Å²) >= 11 is 2.79. The van der Waals surface area contributed by atoms with Crippen LogP contribution in [0.1, 0.15) is 0 Å². The van der Waals surface area contributed by atoms with Crippen LogP contribution in [0.5, 0.6) is 5.88 Å². The minimum atomic E-state index is -3.29. The molecule has 0 bridgehead atoms.